The zero-order valence-electron chi connectivity index (χ0n) is 17.0. The lowest BCUT2D eigenvalue weighted by Gasteiger charge is -2.26. The van der Waals surface area contributed by atoms with E-state index in [4.69, 9.17) is 9.47 Å². The summed E-state index contributed by atoms with van der Waals surface area (Å²) in [7, 11) is 1.64. The summed E-state index contributed by atoms with van der Waals surface area (Å²) >= 11 is 0. The van der Waals surface area contributed by atoms with Crippen LogP contribution in [-0.4, -0.2) is 42.9 Å². The van der Waals surface area contributed by atoms with Gasteiger partial charge >= 0.3 is 0 Å². The number of aliphatic hydroxyl groups is 1. The van der Waals surface area contributed by atoms with Crippen molar-refractivity contribution >= 4 is 0 Å². The molecule has 2 rings (SSSR count). The Morgan fingerprint density at radius 2 is 1.67 bits per heavy atom. The van der Waals surface area contributed by atoms with Crippen LogP contribution in [-0.2, 0) is 6.54 Å². The number of benzene rings is 2. The first kappa shape index (κ1) is 21.3. The number of rotatable bonds is 11. The van der Waals surface area contributed by atoms with Gasteiger partial charge in [0, 0.05) is 13.1 Å². The number of aryl methyl sites for hydroxylation is 1. The van der Waals surface area contributed by atoms with Gasteiger partial charge in [0.15, 0.2) is 0 Å². The SMILES string of the molecule is COc1ccc(OC[C@@H](O)CN(CCC(C)C)Cc2ccccc2C)cc1. The minimum absolute atomic E-state index is 0.276. The topological polar surface area (TPSA) is 41.9 Å². The van der Waals surface area contributed by atoms with Gasteiger partial charge in [0.2, 0.25) is 0 Å². The summed E-state index contributed by atoms with van der Waals surface area (Å²) in [4.78, 5) is 2.32. The molecule has 1 atom stereocenters. The highest BCUT2D eigenvalue weighted by Gasteiger charge is 2.14. The highest BCUT2D eigenvalue weighted by molar-refractivity contribution is 5.31. The average Bonchev–Trinajstić information content (AvgIpc) is 2.66. The molecular weight excluding hydrogens is 338 g/mol. The van der Waals surface area contributed by atoms with Crippen LogP contribution in [0.4, 0.5) is 0 Å². The summed E-state index contributed by atoms with van der Waals surface area (Å²) in [6.45, 7) is 9.28. The van der Waals surface area contributed by atoms with Crippen molar-refractivity contribution in [2.45, 2.75) is 39.8 Å². The fourth-order valence-electron chi connectivity index (χ4n) is 2.92. The molecule has 0 aliphatic carbocycles. The lowest BCUT2D eigenvalue weighted by atomic mass is 10.1. The summed E-state index contributed by atoms with van der Waals surface area (Å²) in [6.07, 6.45) is 0.570. The van der Waals surface area contributed by atoms with Crippen molar-refractivity contribution in [2.75, 3.05) is 26.8 Å². The van der Waals surface area contributed by atoms with Crippen LogP contribution in [0.1, 0.15) is 31.4 Å². The van der Waals surface area contributed by atoms with Gasteiger partial charge in [-0.3, -0.25) is 4.90 Å². The number of nitrogens with zero attached hydrogens (tertiary/aromatic N) is 1. The summed E-state index contributed by atoms with van der Waals surface area (Å²) in [6, 6.07) is 15.9. The molecule has 148 valence electrons. The van der Waals surface area contributed by atoms with E-state index in [1.807, 2.05) is 24.3 Å². The number of aliphatic hydroxyl groups excluding tert-OH is 1. The molecule has 0 amide bonds. The fraction of sp³-hybridized carbons (Fsp3) is 0.478. The standard InChI is InChI=1S/C23H33NO3/c1-18(2)13-14-24(15-20-8-6-5-7-19(20)3)16-21(25)17-27-23-11-9-22(26-4)10-12-23/h5-12,18,21,25H,13-17H2,1-4H3/t21-/m0/s1. The van der Waals surface area contributed by atoms with Crippen LogP contribution < -0.4 is 9.47 Å². The van der Waals surface area contributed by atoms with E-state index >= 15 is 0 Å². The molecule has 0 saturated carbocycles. The van der Waals surface area contributed by atoms with Crippen molar-refractivity contribution in [1.82, 2.24) is 4.90 Å². The maximum absolute atomic E-state index is 10.5. The molecule has 4 nitrogen and oxygen atoms in total. The first-order valence-corrected chi connectivity index (χ1v) is 9.69. The maximum Gasteiger partial charge on any atom is 0.119 e. The van der Waals surface area contributed by atoms with Crippen LogP contribution in [0.15, 0.2) is 48.5 Å². The van der Waals surface area contributed by atoms with Crippen molar-refractivity contribution in [2.24, 2.45) is 5.92 Å². The Labute approximate surface area is 163 Å². The third-order valence-electron chi connectivity index (χ3n) is 4.65. The van der Waals surface area contributed by atoms with Crippen molar-refractivity contribution < 1.29 is 14.6 Å². The highest BCUT2D eigenvalue weighted by Crippen LogP contribution is 2.17. The minimum Gasteiger partial charge on any atom is -0.497 e. The molecule has 2 aromatic carbocycles. The number of hydrogen-bond donors (Lipinski definition) is 1. The van der Waals surface area contributed by atoms with E-state index < -0.39 is 6.10 Å². The van der Waals surface area contributed by atoms with E-state index in [1.54, 1.807) is 7.11 Å². The largest absolute Gasteiger partial charge is 0.497 e. The van der Waals surface area contributed by atoms with Crippen molar-refractivity contribution in [1.29, 1.82) is 0 Å². The van der Waals surface area contributed by atoms with Crippen LogP contribution in [0, 0.1) is 12.8 Å². The van der Waals surface area contributed by atoms with Gasteiger partial charge in [-0.1, -0.05) is 38.1 Å². The van der Waals surface area contributed by atoms with Gasteiger partial charge in [0.25, 0.3) is 0 Å². The summed E-state index contributed by atoms with van der Waals surface area (Å²) in [5.74, 6) is 2.17. The second-order valence-corrected chi connectivity index (χ2v) is 7.48. The molecular formula is C23H33NO3. The van der Waals surface area contributed by atoms with Crippen LogP contribution in [0.5, 0.6) is 11.5 Å². The molecule has 0 unspecified atom stereocenters. The molecule has 0 aliphatic heterocycles. The van der Waals surface area contributed by atoms with E-state index in [0.29, 0.717) is 12.5 Å². The average molecular weight is 372 g/mol. The monoisotopic (exact) mass is 371 g/mol. The van der Waals surface area contributed by atoms with Crippen LogP contribution >= 0.6 is 0 Å². The van der Waals surface area contributed by atoms with Gasteiger partial charge in [0.1, 0.15) is 24.2 Å². The van der Waals surface area contributed by atoms with Gasteiger partial charge in [-0.05, 0) is 61.2 Å². The Kier molecular flexibility index (Phi) is 8.62. The molecule has 0 aliphatic rings. The molecule has 4 heteroatoms. The fourth-order valence-corrected chi connectivity index (χ4v) is 2.92. The maximum atomic E-state index is 10.5. The van der Waals surface area contributed by atoms with E-state index in [9.17, 15) is 5.11 Å². The molecule has 1 N–H and O–H groups in total. The molecule has 2 aromatic rings. The van der Waals surface area contributed by atoms with Gasteiger partial charge in [-0.25, -0.2) is 0 Å². The lowest BCUT2D eigenvalue weighted by Crippen LogP contribution is -2.36. The summed E-state index contributed by atoms with van der Waals surface area (Å²) in [5, 5.41) is 10.5. The second-order valence-electron chi connectivity index (χ2n) is 7.48. The van der Waals surface area contributed by atoms with Gasteiger partial charge in [-0.2, -0.15) is 0 Å². The molecule has 0 heterocycles. The first-order chi connectivity index (χ1) is 13.0. The molecule has 0 fully saturated rings. The zero-order chi connectivity index (χ0) is 19.6. The van der Waals surface area contributed by atoms with Gasteiger partial charge < -0.3 is 14.6 Å². The molecule has 0 radical (unpaired) electrons. The van der Waals surface area contributed by atoms with E-state index in [2.05, 4.69) is 49.9 Å². The molecule has 0 bridgehead atoms. The molecule has 0 spiro atoms. The third-order valence-corrected chi connectivity index (χ3v) is 4.65. The van der Waals surface area contributed by atoms with E-state index in [0.717, 1.165) is 31.0 Å². The number of hydrogen-bond acceptors (Lipinski definition) is 4. The first-order valence-electron chi connectivity index (χ1n) is 9.69. The second kappa shape index (κ2) is 11.0. The van der Waals surface area contributed by atoms with Gasteiger partial charge in [0.05, 0.1) is 7.11 Å². The molecule has 0 aromatic heterocycles. The smallest absolute Gasteiger partial charge is 0.119 e. The molecule has 27 heavy (non-hydrogen) atoms. The predicted molar refractivity (Wildman–Crippen MR) is 110 cm³/mol. The van der Waals surface area contributed by atoms with Crippen molar-refractivity contribution in [3.8, 4) is 11.5 Å². The van der Waals surface area contributed by atoms with Crippen molar-refractivity contribution in [3.63, 3.8) is 0 Å². The van der Waals surface area contributed by atoms with E-state index in [1.165, 1.54) is 11.1 Å². The predicted octanol–water partition coefficient (Wildman–Crippen LogP) is 4.29. The summed E-state index contributed by atoms with van der Waals surface area (Å²) in [5.41, 5.74) is 2.60. The Morgan fingerprint density at radius 3 is 2.30 bits per heavy atom. The number of methoxy groups -OCH3 is 1. The lowest BCUT2D eigenvalue weighted by molar-refractivity contribution is 0.0638. The minimum atomic E-state index is -0.539. The number of ether oxygens (including phenoxy) is 2. The Morgan fingerprint density at radius 1 is 1.00 bits per heavy atom. The van der Waals surface area contributed by atoms with E-state index in [-0.39, 0.29) is 6.61 Å². The van der Waals surface area contributed by atoms with Crippen LogP contribution in [0.2, 0.25) is 0 Å². The Bertz CT molecular complexity index is 670. The van der Waals surface area contributed by atoms with Crippen molar-refractivity contribution in [3.05, 3.63) is 59.7 Å². The highest BCUT2D eigenvalue weighted by atomic mass is 16.5. The van der Waals surface area contributed by atoms with Crippen LogP contribution in [0.25, 0.3) is 0 Å². The molecule has 0 saturated heterocycles. The van der Waals surface area contributed by atoms with Crippen LogP contribution in [0.3, 0.4) is 0 Å². The van der Waals surface area contributed by atoms with Gasteiger partial charge in [-0.15, -0.1) is 0 Å². The quantitative estimate of drug-likeness (QED) is 0.640. The Balaban J connectivity index is 1.90. The Hall–Kier alpha value is -2.04. The third kappa shape index (κ3) is 7.61. The summed E-state index contributed by atoms with van der Waals surface area (Å²) < 4.78 is 10.9. The zero-order valence-corrected chi connectivity index (χ0v) is 17.0. The normalized spacial score (nSPS) is 12.4.